The molecule has 0 bridgehead atoms. The summed E-state index contributed by atoms with van der Waals surface area (Å²) in [6.07, 6.45) is 0. The van der Waals surface area contributed by atoms with E-state index in [1.807, 2.05) is 56.5 Å². The molecule has 1 N–H and O–H groups in total. The third-order valence-corrected chi connectivity index (χ3v) is 6.88. The second-order valence-corrected chi connectivity index (χ2v) is 9.55. The van der Waals surface area contributed by atoms with Crippen molar-refractivity contribution >= 4 is 56.5 Å². The molecular formula is C23H20ClN3O2S2. The van der Waals surface area contributed by atoms with Gasteiger partial charge in [-0.3, -0.25) is 14.2 Å². The van der Waals surface area contributed by atoms with Crippen molar-refractivity contribution in [1.82, 2.24) is 9.55 Å². The molecule has 2 heterocycles. The molecule has 0 saturated carbocycles. The highest BCUT2D eigenvalue weighted by Crippen LogP contribution is 2.27. The van der Waals surface area contributed by atoms with Crippen LogP contribution in [0.1, 0.15) is 16.7 Å². The van der Waals surface area contributed by atoms with Crippen LogP contribution < -0.4 is 10.9 Å². The van der Waals surface area contributed by atoms with E-state index >= 15 is 0 Å². The van der Waals surface area contributed by atoms with Gasteiger partial charge in [0.15, 0.2) is 5.16 Å². The molecule has 2 aromatic carbocycles. The SMILES string of the molecule is Cc1cc(C)cc(-n2c(SCC(=O)Nc3c(C)cccc3Cl)nc3ccsc3c2=O)c1. The van der Waals surface area contributed by atoms with E-state index in [4.69, 9.17) is 11.6 Å². The monoisotopic (exact) mass is 469 g/mol. The van der Waals surface area contributed by atoms with Crippen molar-refractivity contribution in [2.24, 2.45) is 0 Å². The van der Waals surface area contributed by atoms with Crippen LogP contribution in [-0.4, -0.2) is 21.2 Å². The highest BCUT2D eigenvalue weighted by molar-refractivity contribution is 7.99. The van der Waals surface area contributed by atoms with Gasteiger partial charge in [0, 0.05) is 0 Å². The van der Waals surface area contributed by atoms with E-state index in [9.17, 15) is 9.59 Å². The van der Waals surface area contributed by atoms with Crippen molar-refractivity contribution in [2.75, 3.05) is 11.1 Å². The number of carbonyl (C=O) groups is 1. The number of carbonyl (C=O) groups excluding carboxylic acids is 1. The maximum absolute atomic E-state index is 13.3. The molecule has 0 aliphatic carbocycles. The number of halogens is 1. The molecule has 0 saturated heterocycles. The summed E-state index contributed by atoms with van der Waals surface area (Å²) in [7, 11) is 0. The third kappa shape index (κ3) is 4.54. The summed E-state index contributed by atoms with van der Waals surface area (Å²) in [6.45, 7) is 5.87. The van der Waals surface area contributed by atoms with Crippen molar-refractivity contribution in [3.05, 3.63) is 79.9 Å². The van der Waals surface area contributed by atoms with Crippen molar-refractivity contribution < 1.29 is 4.79 Å². The number of aryl methyl sites for hydroxylation is 3. The standard InChI is InChI=1S/C23H20ClN3O2S2/c1-13-9-14(2)11-16(10-13)27-22(29)21-18(7-8-30-21)25-23(27)31-12-19(28)26-20-15(3)5-4-6-17(20)24/h4-11H,12H2,1-3H3,(H,26,28). The zero-order valence-corrected chi connectivity index (χ0v) is 19.6. The minimum Gasteiger partial charge on any atom is -0.324 e. The average molecular weight is 470 g/mol. The number of para-hydroxylation sites is 1. The number of benzene rings is 2. The summed E-state index contributed by atoms with van der Waals surface area (Å²) in [5, 5.41) is 5.69. The minimum atomic E-state index is -0.215. The lowest BCUT2D eigenvalue weighted by molar-refractivity contribution is -0.113. The van der Waals surface area contributed by atoms with Gasteiger partial charge in [-0.2, -0.15) is 0 Å². The van der Waals surface area contributed by atoms with Crippen LogP contribution in [0.2, 0.25) is 5.02 Å². The molecule has 0 fully saturated rings. The summed E-state index contributed by atoms with van der Waals surface area (Å²) < 4.78 is 2.19. The Balaban J connectivity index is 1.68. The summed E-state index contributed by atoms with van der Waals surface area (Å²) >= 11 is 8.82. The Bertz CT molecular complexity index is 1320. The van der Waals surface area contributed by atoms with Crippen molar-refractivity contribution in [3.63, 3.8) is 0 Å². The number of anilines is 1. The fourth-order valence-corrected chi connectivity index (χ4v) is 5.23. The van der Waals surface area contributed by atoms with Gasteiger partial charge in [-0.1, -0.05) is 41.6 Å². The van der Waals surface area contributed by atoms with E-state index < -0.39 is 0 Å². The van der Waals surface area contributed by atoms with E-state index in [0.29, 0.717) is 26.1 Å². The topological polar surface area (TPSA) is 64.0 Å². The van der Waals surface area contributed by atoms with Crippen molar-refractivity contribution in [2.45, 2.75) is 25.9 Å². The first-order valence-electron chi connectivity index (χ1n) is 9.60. The van der Waals surface area contributed by atoms with Crippen molar-refractivity contribution in [3.8, 4) is 5.69 Å². The lowest BCUT2D eigenvalue weighted by Gasteiger charge is -2.14. The van der Waals surface area contributed by atoms with Crippen LogP contribution in [0.3, 0.4) is 0 Å². The lowest BCUT2D eigenvalue weighted by Crippen LogP contribution is -2.22. The molecule has 31 heavy (non-hydrogen) atoms. The van der Waals surface area contributed by atoms with Gasteiger partial charge < -0.3 is 5.32 Å². The third-order valence-electron chi connectivity index (χ3n) is 4.73. The maximum Gasteiger partial charge on any atom is 0.276 e. The number of thiophene rings is 1. The maximum atomic E-state index is 13.3. The van der Waals surface area contributed by atoms with E-state index in [1.54, 1.807) is 10.6 Å². The highest BCUT2D eigenvalue weighted by Gasteiger charge is 2.17. The molecule has 0 unspecified atom stereocenters. The van der Waals surface area contributed by atoms with E-state index in [0.717, 1.165) is 22.4 Å². The number of fused-ring (bicyclic) bond motifs is 1. The Kier molecular flexibility index (Phi) is 6.18. The van der Waals surface area contributed by atoms with E-state index in [-0.39, 0.29) is 17.2 Å². The predicted molar refractivity (Wildman–Crippen MR) is 130 cm³/mol. The van der Waals surface area contributed by atoms with Crippen LogP contribution in [0.15, 0.2) is 57.8 Å². The summed E-state index contributed by atoms with van der Waals surface area (Å²) in [4.78, 5) is 30.6. The van der Waals surface area contributed by atoms with Crippen LogP contribution in [0.25, 0.3) is 15.9 Å². The van der Waals surface area contributed by atoms with Crippen LogP contribution >= 0.6 is 34.7 Å². The second kappa shape index (κ2) is 8.86. The van der Waals surface area contributed by atoms with Crippen molar-refractivity contribution in [1.29, 1.82) is 0 Å². The molecule has 2 aromatic heterocycles. The van der Waals surface area contributed by atoms with Gasteiger partial charge in [0.2, 0.25) is 5.91 Å². The summed E-state index contributed by atoms with van der Waals surface area (Å²) in [5.74, 6) is -0.120. The molecule has 0 atom stereocenters. The second-order valence-electron chi connectivity index (χ2n) is 7.28. The Hall–Kier alpha value is -2.61. The number of rotatable bonds is 5. The molecule has 0 spiro atoms. The number of thioether (sulfide) groups is 1. The van der Waals surface area contributed by atoms with Crippen LogP contribution in [0, 0.1) is 20.8 Å². The first kappa shape index (κ1) is 21.6. The number of hydrogen-bond acceptors (Lipinski definition) is 5. The van der Waals surface area contributed by atoms with E-state index in [1.165, 1.54) is 23.1 Å². The normalized spacial score (nSPS) is 11.1. The molecule has 0 aliphatic rings. The van der Waals surface area contributed by atoms with Crippen LogP contribution in [0.5, 0.6) is 0 Å². The lowest BCUT2D eigenvalue weighted by atomic mass is 10.1. The minimum absolute atomic E-state index is 0.0948. The molecule has 5 nitrogen and oxygen atoms in total. The quantitative estimate of drug-likeness (QED) is 0.298. The smallest absolute Gasteiger partial charge is 0.276 e. The number of nitrogens with one attached hydrogen (secondary N) is 1. The molecule has 1 amide bonds. The summed E-state index contributed by atoms with van der Waals surface area (Å²) in [6, 6.07) is 13.2. The summed E-state index contributed by atoms with van der Waals surface area (Å²) in [5.41, 5.74) is 4.84. The van der Waals surface area contributed by atoms with Gasteiger partial charge in [0.05, 0.1) is 27.7 Å². The van der Waals surface area contributed by atoms with Gasteiger partial charge in [-0.15, -0.1) is 11.3 Å². The Morgan fingerprint density at radius 2 is 1.90 bits per heavy atom. The average Bonchev–Trinajstić information content (AvgIpc) is 3.17. The van der Waals surface area contributed by atoms with E-state index in [2.05, 4.69) is 16.4 Å². The first-order valence-corrected chi connectivity index (χ1v) is 11.8. The van der Waals surface area contributed by atoms with Crippen LogP contribution in [0.4, 0.5) is 5.69 Å². The largest absolute Gasteiger partial charge is 0.324 e. The van der Waals surface area contributed by atoms with Gasteiger partial charge >= 0.3 is 0 Å². The zero-order chi connectivity index (χ0) is 22.1. The molecule has 4 aromatic rings. The van der Waals surface area contributed by atoms with Crippen LogP contribution in [-0.2, 0) is 4.79 Å². The van der Waals surface area contributed by atoms with Gasteiger partial charge in [0.1, 0.15) is 4.70 Å². The van der Waals surface area contributed by atoms with Gasteiger partial charge in [-0.25, -0.2) is 4.98 Å². The number of hydrogen-bond donors (Lipinski definition) is 1. The van der Waals surface area contributed by atoms with Gasteiger partial charge in [0.25, 0.3) is 5.56 Å². The Morgan fingerprint density at radius 3 is 2.61 bits per heavy atom. The Labute approximate surface area is 193 Å². The zero-order valence-electron chi connectivity index (χ0n) is 17.2. The molecule has 0 aliphatic heterocycles. The molecule has 0 radical (unpaired) electrons. The molecule has 158 valence electrons. The number of amides is 1. The van der Waals surface area contributed by atoms with Gasteiger partial charge in [-0.05, 0) is 67.1 Å². The predicted octanol–water partition coefficient (Wildman–Crippen LogP) is 5.76. The fourth-order valence-electron chi connectivity index (χ4n) is 3.39. The molecule has 8 heteroatoms. The highest BCUT2D eigenvalue weighted by atomic mass is 35.5. The number of aromatic nitrogens is 2. The molecule has 4 rings (SSSR count). The Morgan fingerprint density at radius 1 is 1.16 bits per heavy atom. The fraction of sp³-hybridized carbons (Fsp3) is 0.174. The number of nitrogens with zero attached hydrogens (tertiary/aromatic N) is 2. The first-order chi connectivity index (χ1) is 14.8. The molecular weight excluding hydrogens is 450 g/mol.